The molecule has 1 saturated heterocycles. The van der Waals surface area contributed by atoms with Gasteiger partial charge in [0.15, 0.2) is 0 Å². The quantitative estimate of drug-likeness (QED) is 0.777. The molecule has 7 heteroatoms. The summed E-state index contributed by atoms with van der Waals surface area (Å²) in [5.41, 5.74) is 1.33. The van der Waals surface area contributed by atoms with Gasteiger partial charge in [-0.25, -0.2) is 4.79 Å². The summed E-state index contributed by atoms with van der Waals surface area (Å²) in [6.07, 6.45) is 1.97. The number of benzene rings is 1. The normalized spacial score (nSPS) is 14.9. The number of likely N-dealkylation sites (tertiary alicyclic amines) is 1. The van der Waals surface area contributed by atoms with Gasteiger partial charge in [-0.05, 0) is 58.0 Å². The van der Waals surface area contributed by atoms with E-state index in [9.17, 15) is 9.59 Å². The Morgan fingerprint density at radius 1 is 1.12 bits per heavy atom. The SMILES string of the molecule is CNC1CCN(C(=O)c2ccc(NC(=O)NC(C)C)cc2)CC1.Cl. The Morgan fingerprint density at radius 2 is 1.71 bits per heavy atom. The molecule has 0 aliphatic carbocycles. The molecule has 1 heterocycles. The lowest BCUT2D eigenvalue weighted by atomic mass is 10.0. The average molecular weight is 355 g/mol. The predicted octanol–water partition coefficient (Wildman–Crippen LogP) is 2.46. The van der Waals surface area contributed by atoms with E-state index in [0.717, 1.165) is 25.9 Å². The topological polar surface area (TPSA) is 73.5 Å². The summed E-state index contributed by atoms with van der Waals surface area (Å²) in [4.78, 5) is 26.0. The van der Waals surface area contributed by atoms with Crippen LogP contribution in [0.2, 0.25) is 0 Å². The third-order valence-electron chi connectivity index (χ3n) is 4.00. The van der Waals surface area contributed by atoms with Gasteiger partial charge in [-0.15, -0.1) is 12.4 Å². The van der Waals surface area contributed by atoms with E-state index in [1.807, 2.05) is 25.8 Å². The number of hydrogen-bond donors (Lipinski definition) is 3. The molecule has 0 aromatic heterocycles. The summed E-state index contributed by atoms with van der Waals surface area (Å²) in [7, 11) is 1.96. The van der Waals surface area contributed by atoms with Gasteiger partial charge in [0.2, 0.25) is 0 Å². The lowest BCUT2D eigenvalue weighted by Gasteiger charge is -2.31. The van der Waals surface area contributed by atoms with Crippen molar-refractivity contribution in [2.24, 2.45) is 0 Å². The smallest absolute Gasteiger partial charge is 0.319 e. The number of urea groups is 1. The predicted molar refractivity (Wildman–Crippen MR) is 99.0 cm³/mol. The monoisotopic (exact) mass is 354 g/mol. The Hall–Kier alpha value is -1.79. The summed E-state index contributed by atoms with van der Waals surface area (Å²) in [6.45, 7) is 5.36. The molecule has 2 rings (SSSR count). The fourth-order valence-corrected chi connectivity index (χ4v) is 2.68. The zero-order valence-corrected chi connectivity index (χ0v) is 15.3. The number of piperidine rings is 1. The molecule has 1 fully saturated rings. The fourth-order valence-electron chi connectivity index (χ4n) is 2.68. The van der Waals surface area contributed by atoms with Crippen LogP contribution < -0.4 is 16.0 Å². The number of hydrogen-bond acceptors (Lipinski definition) is 3. The van der Waals surface area contributed by atoms with Crippen molar-refractivity contribution in [3.63, 3.8) is 0 Å². The minimum atomic E-state index is -0.242. The molecule has 0 atom stereocenters. The summed E-state index contributed by atoms with van der Waals surface area (Å²) < 4.78 is 0. The molecule has 1 aliphatic heterocycles. The standard InChI is InChI=1S/C17H26N4O2.ClH/c1-12(2)19-17(23)20-15-6-4-13(5-7-15)16(22)21-10-8-14(18-3)9-11-21;/h4-7,12,14,18H,8-11H2,1-3H3,(H2,19,20,23);1H. The maximum Gasteiger partial charge on any atom is 0.319 e. The van der Waals surface area contributed by atoms with Crippen molar-refractivity contribution in [2.75, 3.05) is 25.5 Å². The molecule has 0 saturated carbocycles. The van der Waals surface area contributed by atoms with Crippen molar-refractivity contribution in [3.05, 3.63) is 29.8 Å². The lowest BCUT2D eigenvalue weighted by Crippen LogP contribution is -2.43. The molecule has 1 aromatic carbocycles. The number of halogens is 1. The number of nitrogens with one attached hydrogen (secondary N) is 3. The molecule has 24 heavy (non-hydrogen) atoms. The van der Waals surface area contributed by atoms with Crippen LogP contribution in [0, 0.1) is 0 Å². The highest BCUT2D eigenvalue weighted by atomic mass is 35.5. The van der Waals surface area contributed by atoms with Gasteiger partial charge in [0.1, 0.15) is 0 Å². The van der Waals surface area contributed by atoms with E-state index in [4.69, 9.17) is 0 Å². The Labute approximate surface area is 149 Å². The molecule has 0 bridgehead atoms. The van der Waals surface area contributed by atoms with E-state index in [1.165, 1.54) is 0 Å². The Bertz CT molecular complexity index is 540. The van der Waals surface area contributed by atoms with Crippen molar-refractivity contribution >= 4 is 30.0 Å². The van der Waals surface area contributed by atoms with Gasteiger partial charge in [-0.3, -0.25) is 4.79 Å². The first kappa shape index (κ1) is 20.3. The highest BCUT2D eigenvalue weighted by molar-refractivity contribution is 5.95. The third-order valence-corrected chi connectivity index (χ3v) is 4.00. The van der Waals surface area contributed by atoms with Crippen LogP contribution in [0.15, 0.2) is 24.3 Å². The second-order valence-electron chi connectivity index (χ2n) is 6.19. The minimum Gasteiger partial charge on any atom is -0.339 e. The van der Waals surface area contributed by atoms with Crippen LogP contribution in [0.3, 0.4) is 0 Å². The summed E-state index contributed by atoms with van der Waals surface area (Å²) in [5, 5.41) is 8.77. The maximum atomic E-state index is 12.5. The van der Waals surface area contributed by atoms with E-state index in [-0.39, 0.29) is 30.4 Å². The van der Waals surface area contributed by atoms with Gasteiger partial charge in [0, 0.05) is 36.4 Å². The van der Waals surface area contributed by atoms with Crippen LogP contribution in [0.5, 0.6) is 0 Å². The number of carbonyl (C=O) groups is 2. The van der Waals surface area contributed by atoms with Crippen molar-refractivity contribution in [2.45, 2.75) is 38.8 Å². The van der Waals surface area contributed by atoms with Crippen LogP contribution in [0.25, 0.3) is 0 Å². The molecule has 1 aromatic rings. The fraction of sp³-hybridized carbons (Fsp3) is 0.529. The molecular formula is C17H27ClN4O2. The zero-order valence-electron chi connectivity index (χ0n) is 14.5. The first-order valence-electron chi connectivity index (χ1n) is 8.13. The van der Waals surface area contributed by atoms with Crippen LogP contribution in [-0.2, 0) is 0 Å². The number of anilines is 1. The molecule has 134 valence electrons. The van der Waals surface area contributed by atoms with Crippen LogP contribution >= 0.6 is 12.4 Å². The Morgan fingerprint density at radius 3 is 2.21 bits per heavy atom. The van der Waals surface area contributed by atoms with Gasteiger partial charge < -0.3 is 20.9 Å². The van der Waals surface area contributed by atoms with E-state index < -0.39 is 0 Å². The van der Waals surface area contributed by atoms with Crippen LogP contribution in [0.4, 0.5) is 10.5 Å². The van der Waals surface area contributed by atoms with Crippen LogP contribution in [0.1, 0.15) is 37.0 Å². The highest BCUT2D eigenvalue weighted by Gasteiger charge is 2.22. The second kappa shape index (κ2) is 9.49. The molecule has 6 nitrogen and oxygen atoms in total. The minimum absolute atomic E-state index is 0. The lowest BCUT2D eigenvalue weighted by molar-refractivity contribution is 0.0707. The maximum absolute atomic E-state index is 12.5. The third kappa shape index (κ3) is 5.69. The van der Waals surface area contributed by atoms with Gasteiger partial charge >= 0.3 is 6.03 Å². The molecule has 3 N–H and O–H groups in total. The van der Waals surface area contributed by atoms with Gasteiger partial charge in [-0.1, -0.05) is 0 Å². The summed E-state index contributed by atoms with van der Waals surface area (Å²) >= 11 is 0. The van der Waals surface area contributed by atoms with E-state index >= 15 is 0 Å². The van der Waals surface area contributed by atoms with Crippen LogP contribution in [-0.4, -0.2) is 49.1 Å². The van der Waals surface area contributed by atoms with Crippen molar-refractivity contribution in [1.82, 2.24) is 15.5 Å². The van der Waals surface area contributed by atoms with Crippen molar-refractivity contribution in [3.8, 4) is 0 Å². The number of rotatable bonds is 4. The largest absolute Gasteiger partial charge is 0.339 e. The van der Waals surface area contributed by atoms with E-state index in [1.54, 1.807) is 24.3 Å². The Balaban J connectivity index is 0.00000288. The molecule has 0 spiro atoms. The van der Waals surface area contributed by atoms with Gasteiger partial charge in [0.25, 0.3) is 5.91 Å². The van der Waals surface area contributed by atoms with Gasteiger partial charge in [-0.2, -0.15) is 0 Å². The highest BCUT2D eigenvalue weighted by Crippen LogP contribution is 2.16. The number of amides is 3. The zero-order chi connectivity index (χ0) is 16.8. The van der Waals surface area contributed by atoms with Gasteiger partial charge in [0.05, 0.1) is 0 Å². The van der Waals surface area contributed by atoms with Crippen molar-refractivity contribution < 1.29 is 9.59 Å². The second-order valence-corrected chi connectivity index (χ2v) is 6.19. The summed E-state index contributed by atoms with van der Waals surface area (Å²) in [5.74, 6) is 0.0535. The van der Waals surface area contributed by atoms with Crippen molar-refractivity contribution in [1.29, 1.82) is 0 Å². The summed E-state index contributed by atoms with van der Waals surface area (Å²) in [6, 6.07) is 7.38. The average Bonchev–Trinajstić information content (AvgIpc) is 2.54. The number of carbonyl (C=O) groups excluding carboxylic acids is 2. The first-order chi connectivity index (χ1) is 11.0. The first-order valence-corrected chi connectivity index (χ1v) is 8.13. The molecular weight excluding hydrogens is 328 g/mol. The Kier molecular flexibility index (Phi) is 8.01. The van der Waals surface area contributed by atoms with E-state index in [2.05, 4.69) is 16.0 Å². The molecule has 0 radical (unpaired) electrons. The molecule has 3 amide bonds. The molecule has 0 unspecified atom stereocenters. The number of nitrogens with zero attached hydrogens (tertiary/aromatic N) is 1. The molecule has 1 aliphatic rings. The van der Waals surface area contributed by atoms with E-state index in [0.29, 0.717) is 17.3 Å².